The summed E-state index contributed by atoms with van der Waals surface area (Å²) in [6.45, 7) is 0. The number of hydrogen-bond acceptors (Lipinski definition) is 2. The van der Waals surface area contributed by atoms with E-state index in [1.54, 1.807) is 18.2 Å². The predicted octanol–water partition coefficient (Wildman–Crippen LogP) is 3.98. The van der Waals surface area contributed by atoms with Crippen molar-refractivity contribution >= 4 is 15.9 Å². The number of benzene rings is 2. The molecule has 0 spiro atoms. The van der Waals surface area contributed by atoms with E-state index in [1.165, 1.54) is 25.3 Å². The minimum Gasteiger partial charge on any atom is -0.494 e. The van der Waals surface area contributed by atoms with Crippen molar-refractivity contribution in [1.82, 2.24) is 0 Å². The number of methoxy groups -OCH3 is 1. The Kier molecular flexibility index (Phi) is 4.73. The molecule has 0 saturated heterocycles. The third-order valence-corrected chi connectivity index (χ3v) is 3.52. The molecule has 106 valence electrons. The summed E-state index contributed by atoms with van der Waals surface area (Å²) in [6, 6.07) is 8.67. The second-order valence-electron chi connectivity index (χ2n) is 4.45. The zero-order valence-corrected chi connectivity index (χ0v) is 12.5. The lowest BCUT2D eigenvalue weighted by Gasteiger charge is -2.14. The topological polar surface area (TPSA) is 35.2 Å². The van der Waals surface area contributed by atoms with Crippen molar-refractivity contribution in [3.05, 3.63) is 63.6 Å². The Bertz CT molecular complexity index is 619. The van der Waals surface area contributed by atoms with Gasteiger partial charge in [0, 0.05) is 16.1 Å². The fourth-order valence-electron chi connectivity index (χ4n) is 2.00. The molecule has 2 N–H and O–H groups in total. The lowest BCUT2D eigenvalue weighted by Crippen LogP contribution is -2.15. The fraction of sp³-hybridized carbons (Fsp3) is 0.200. The first-order chi connectivity index (χ1) is 9.51. The van der Waals surface area contributed by atoms with Gasteiger partial charge in [0.25, 0.3) is 0 Å². The van der Waals surface area contributed by atoms with E-state index in [9.17, 15) is 8.78 Å². The van der Waals surface area contributed by atoms with Crippen molar-refractivity contribution < 1.29 is 13.5 Å². The van der Waals surface area contributed by atoms with Crippen LogP contribution in [-0.2, 0) is 6.42 Å². The van der Waals surface area contributed by atoms with Gasteiger partial charge in [0.15, 0.2) is 11.6 Å². The Morgan fingerprint density at radius 2 is 1.90 bits per heavy atom. The van der Waals surface area contributed by atoms with E-state index in [-0.39, 0.29) is 11.6 Å². The van der Waals surface area contributed by atoms with Gasteiger partial charge < -0.3 is 10.5 Å². The van der Waals surface area contributed by atoms with Gasteiger partial charge in [0.1, 0.15) is 5.82 Å². The molecule has 2 aromatic carbocycles. The molecule has 1 unspecified atom stereocenters. The van der Waals surface area contributed by atoms with Crippen LogP contribution in [0.15, 0.2) is 40.9 Å². The molecule has 0 aliphatic carbocycles. The highest BCUT2D eigenvalue weighted by atomic mass is 79.9. The summed E-state index contributed by atoms with van der Waals surface area (Å²) in [6.07, 6.45) is 0.342. The lowest BCUT2D eigenvalue weighted by molar-refractivity contribution is 0.386. The van der Waals surface area contributed by atoms with E-state index >= 15 is 0 Å². The van der Waals surface area contributed by atoms with Crippen LogP contribution in [0, 0.1) is 11.6 Å². The quantitative estimate of drug-likeness (QED) is 0.912. The highest BCUT2D eigenvalue weighted by Gasteiger charge is 2.14. The Balaban J connectivity index is 2.21. The molecule has 0 aromatic heterocycles. The molecule has 0 saturated carbocycles. The Morgan fingerprint density at radius 1 is 1.15 bits per heavy atom. The van der Waals surface area contributed by atoms with Crippen LogP contribution in [0.4, 0.5) is 8.78 Å². The molecule has 0 aliphatic heterocycles. The first-order valence-corrected chi connectivity index (χ1v) is 6.83. The van der Waals surface area contributed by atoms with Gasteiger partial charge in [-0.3, -0.25) is 0 Å². The molecule has 2 rings (SSSR count). The highest BCUT2D eigenvalue weighted by Crippen LogP contribution is 2.25. The van der Waals surface area contributed by atoms with Gasteiger partial charge in [-0.2, -0.15) is 0 Å². The van der Waals surface area contributed by atoms with Crippen LogP contribution in [0.2, 0.25) is 0 Å². The van der Waals surface area contributed by atoms with Crippen molar-refractivity contribution in [2.75, 3.05) is 7.11 Å². The summed E-state index contributed by atoms with van der Waals surface area (Å²) in [7, 11) is 1.40. The van der Waals surface area contributed by atoms with Gasteiger partial charge in [-0.05, 0) is 42.3 Å². The van der Waals surface area contributed by atoms with Gasteiger partial charge in [-0.1, -0.05) is 22.0 Å². The summed E-state index contributed by atoms with van der Waals surface area (Å²) >= 11 is 3.28. The van der Waals surface area contributed by atoms with Crippen LogP contribution >= 0.6 is 15.9 Å². The minimum absolute atomic E-state index is 0.177. The number of halogens is 3. The summed E-state index contributed by atoms with van der Waals surface area (Å²) in [4.78, 5) is 0. The molecule has 20 heavy (non-hydrogen) atoms. The smallest absolute Gasteiger partial charge is 0.165 e. The fourth-order valence-corrected chi connectivity index (χ4v) is 2.38. The first kappa shape index (κ1) is 14.9. The predicted molar refractivity (Wildman–Crippen MR) is 77.7 cm³/mol. The Hall–Kier alpha value is -1.46. The highest BCUT2D eigenvalue weighted by molar-refractivity contribution is 9.10. The van der Waals surface area contributed by atoms with Gasteiger partial charge >= 0.3 is 0 Å². The maximum atomic E-state index is 13.7. The van der Waals surface area contributed by atoms with Crippen molar-refractivity contribution in [3.8, 4) is 5.75 Å². The summed E-state index contributed by atoms with van der Waals surface area (Å²) in [5, 5.41) is 0. The third-order valence-electron chi connectivity index (χ3n) is 3.03. The van der Waals surface area contributed by atoms with Gasteiger partial charge in [-0.15, -0.1) is 0 Å². The Labute approximate surface area is 124 Å². The number of ether oxygens (including phenoxy) is 1. The zero-order chi connectivity index (χ0) is 14.7. The van der Waals surface area contributed by atoms with Crippen LogP contribution < -0.4 is 10.5 Å². The Morgan fingerprint density at radius 3 is 2.55 bits per heavy atom. The number of hydrogen-bond donors (Lipinski definition) is 1. The molecule has 1 atom stereocenters. The van der Waals surface area contributed by atoms with E-state index in [2.05, 4.69) is 15.9 Å². The molecular weight excluding hydrogens is 328 g/mol. The van der Waals surface area contributed by atoms with Crippen molar-refractivity contribution in [2.24, 2.45) is 5.73 Å². The molecule has 0 radical (unpaired) electrons. The molecule has 5 heteroatoms. The van der Waals surface area contributed by atoms with Gasteiger partial charge in [0.05, 0.1) is 7.11 Å². The molecule has 2 nitrogen and oxygen atoms in total. The molecule has 0 bridgehead atoms. The summed E-state index contributed by atoms with van der Waals surface area (Å²) in [5.41, 5.74) is 7.09. The normalized spacial score (nSPS) is 12.2. The molecule has 0 amide bonds. The van der Waals surface area contributed by atoms with Gasteiger partial charge in [0.2, 0.25) is 0 Å². The average Bonchev–Trinajstić information content (AvgIpc) is 2.41. The standard InChI is InChI=1S/C15H14BrF2NO/c1-20-15-5-2-9(6-13(15)18)7-14(19)11-8-10(16)3-4-12(11)17/h2-6,8,14H,7,19H2,1H3. The zero-order valence-electron chi connectivity index (χ0n) is 10.9. The maximum absolute atomic E-state index is 13.7. The lowest BCUT2D eigenvalue weighted by atomic mass is 9.99. The van der Waals surface area contributed by atoms with Crippen LogP contribution in [0.5, 0.6) is 5.75 Å². The van der Waals surface area contributed by atoms with Crippen molar-refractivity contribution in [1.29, 1.82) is 0 Å². The number of rotatable bonds is 4. The minimum atomic E-state index is -0.541. The van der Waals surface area contributed by atoms with Gasteiger partial charge in [-0.25, -0.2) is 8.78 Å². The maximum Gasteiger partial charge on any atom is 0.165 e. The summed E-state index contributed by atoms with van der Waals surface area (Å²) < 4.78 is 32.9. The van der Waals surface area contributed by atoms with Crippen molar-refractivity contribution in [2.45, 2.75) is 12.5 Å². The van der Waals surface area contributed by atoms with Crippen LogP contribution in [-0.4, -0.2) is 7.11 Å². The van der Waals surface area contributed by atoms with E-state index in [4.69, 9.17) is 10.5 Å². The summed E-state index contributed by atoms with van der Waals surface area (Å²) in [5.74, 6) is -0.641. The second-order valence-corrected chi connectivity index (χ2v) is 5.36. The van der Waals surface area contributed by atoms with Crippen molar-refractivity contribution in [3.63, 3.8) is 0 Å². The average molecular weight is 342 g/mol. The van der Waals surface area contributed by atoms with Crippen LogP contribution in [0.3, 0.4) is 0 Å². The van der Waals surface area contributed by atoms with Crippen LogP contribution in [0.1, 0.15) is 17.2 Å². The molecular formula is C15H14BrF2NO. The molecule has 0 aliphatic rings. The first-order valence-electron chi connectivity index (χ1n) is 6.04. The SMILES string of the molecule is COc1ccc(CC(N)c2cc(Br)ccc2F)cc1F. The molecule has 0 heterocycles. The van der Waals surface area contributed by atoms with Crippen LogP contribution in [0.25, 0.3) is 0 Å². The molecule has 0 fully saturated rings. The van der Waals surface area contributed by atoms with E-state index in [0.29, 0.717) is 17.5 Å². The largest absolute Gasteiger partial charge is 0.494 e. The van der Waals surface area contributed by atoms with E-state index in [1.807, 2.05) is 0 Å². The monoisotopic (exact) mass is 341 g/mol. The number of nitrogens with two attached hydrogens (primary N) is 1. The van der Waals surface area contributed by atoms with E-state index in [0.717, 1.165) is 4.47 Å². The molecule has 2 aromatic rings. The third kappa shape index (κ3) is 3.35. The van der Waals surface area contributed by atoms with E-state index < -0.39 is 11.9 Å². The second kappa shape index (κ2) is 6.33.